The molecule has 7 heteroatoms. The molecule has 1 aromatic heterocycles. The highest BCUT2D eigenvalue weighted by Crippen LogP contribution is 2.41. The number of nitrogens with one attached hydrogen (secondary N) is 2. The van der Waals surface area contributed by atoms with Crippen LogP contribution in [0.5, 0.6) is 11.5 Å². The monoisotopic (exact) mass is 768 g/mol. The Morgan fingerprint density at radius 3 is 1.80 bits per heavy atom. The fourth-order valence-corrected chi connectivity index (χ4v) is 7.36. The molecule has 0 saturated carbocycles. The maximum Gasteiger partial charge on any atom is 0.138 e. The summed E-state index contributed by atoms with van der Waals surface area (Å²) in [5.74, 6) is 4.37. The maximum absolute atomic E-state index is 6.87. The summed E-state index contributed by atoms with van der Waals surface area (Å²) in [6, 6.07) is 35.7. The lowest BCUT2D eigenvalue weighted by Crippen LogP contribution is -2.22. The van der Waals surface area contributed by atoms with Crippen LogP contribution in [0, 0.1) is 5.92 Å². The Hall–Kier alpha value is -3.74. The Kier molecular flexibility index (Phi) is 15.5. The van der Waals surface area contributed by atoms with E-state index in [9.17, 15) is 0 Å². The highest BCUT2D eigenvalue weighted by molar-refractivity contribution is 6.30. The van der Waals surface area contributed by atoms with Crippen LogP contribution >= 0.6 is 23.2 Å². The molecular weight excluding hydrogens is 711 g/mol. The van der Waals surface area contributed by atoms with E-state index in [1.165, 1.54) is 16.7 Å². The topological polar surface area (TPSA) is 55.7 Å². The molecule has 0 amide bonds. The van der Waals surface area contributed by atoms with Crippen molar-refractivity contribution in [2.45, 2.75) is 97.2 Å². The van der Waals surface area contributed by atoms with Crippen LogP contribution in [0.2, 0.25) is 10.0 Å². The number of methoxy groups -OCH3 is 1. The molecule has 0 spiro atoms. The van der Waals surface area contributed by atoms with Gasteiger partial charge in [0.25, 0.3) is 0 Å². The van der Waals surface area contributed by atoms with Crippen LogP contribution in [-0.4, -0.2) is 26.3 Å². The van der Waals surface area contributed by atoms with Crippen LogP contribution in [0.4, 0.5) is 0 Å². The fraction of sp³-hybridized carbons (Fsp3) is 0.404. The highest BCUT2D eigenvalue weighted by Gasteiger charge is 2.24. The summed E-state index contributed by atoms with van der Waals surface area (Å²) in [5, 5.41) is 8.97. The van der Waals surface area contributed by atoms with Gasteiger partial charge in [-0.25, -0.2) is 0 Å². The molecule has 5 rings (SSSR count). The maximum atomic E-state index is 6.87. The number of rotatable bonds is 20. The quantitative estimate of drug-likeness (QED) is 0.0826. The summed E-state index contributed by atoms with van der Waals surface area (Å²) in [7, 11) is 1.73. The highest BCUT2D eigenvalue weighted by atomic mass is 35.5. The summed E-state index contributed by atoms with van der Waals surface area (Å²) in [6.45, 7) is 14.8. The molecule has 0 aliphatic heterocycles. The average molecular weight is 770 g/mol. The van der Waals surface area contributed by atoms with Crippen LogP contribution in [0.3, 0.4) is 0 Å². The van der Waals surface area contributed by atoms with E-state index in [2.05, 4.69) is 119 Å². The van der Waals surface area contributed by atoms with Gasteiger partial charge in [-0.1, -0.05) is 92.0 Å². The molecule has 5 aromatic rings. The molecule has 2 N–H and O–H groups in total. The Morgan fingerprint density at radius 1 is 0.611 bits per heavy atom. The average Bonchev–Trinajstić information content (AvgIpc) is 3.65. The zero-order chi connectivity index (χ0) is 38.6. The predicted molar refractivity (Wildman–Crippen MR) is 227 cm³/mol. The predicted octanol–water partition coefficient (Wildman–Crippen LogP) is 13.2. The van der Waals surface area contributed by atoms with E-state index in [0.717, 1.165) is 83.0 Å². The molecule has 4 aromatic carbocycles. The molecule has 4 unspecified atom stereocenters. The number of furan rings is 1. The minimum atomic E-state index is -0.0232. The van der Waals surface area contributed by atoms with Gasteiger partial charge in [0.2, 0.25) is 0 Å². The first kappa shape index (κ1) is 41.4. The third-order valence-electron chi connectivity index (χ3n) is 10.2. The summed E-state index contributed by atoms with van der Waals surface area (Å²) in [6.07, 6.45) is 4.13. The molecular formula is C47H58Cl2N2O3. The first-order valence-electron chi connectivity index (χ1n) is 19.5. The fourth-order valence-electron chi connectivity index (χ4n) is 7.11. The Labute approximate surface area is 333 Å². The van der Waals surface area contributed by atoms with Gasteiger partial charge in [0, 0.05) is 33.6 Å². The third-order valence-corrected chi connectivity index (χ3v) is 10.8. The summed E-state index contributed by atoms with van der Waals surface area (Å²) in [4.78, 5) is 0. The second-order valence-corrected chi connectivity index (χ2v) is 16.0. The summed E-state index contributed by atoms with van der Waals surface area (Å²) < 4.78 is 19.1. The first-order chi connectivity index (χ1) is 26.0. The molecule has 54 heavy (non-hydrogen) atoms. The van der Waals surface area contributed by atoms with E-state index < -0.39 is 0 Å². The lowest BCUT2D eigenvalue weighted by molar-refractivity contribution is 0.243. The molecule has 0 aliphatic rings. The Balaban J connectivity index is 1.41. The zero-order valence-corrected chi connectivity index (χ0v) is 34.5. The van der Waals surface area contributed by atoms with Gasteiger partial charge in [-0.05, 0) is 143 Å². The van der Waals surface area contributed by atoms with Gasteiger partial charge >= 0.3 is 0 Å². The Bertz CT molecular complexity index is 1870. The van der Waals surface area contributed by atoms with Gasteiger partial charge in [-0.15, -0.1) is 0 Å². The van der Waals surface area contributed by atoms with Crippen molar-refractivity contribution in [1.29, 1.82) is 0 Å². The van der Waals surface area contributed by atoms with Crippen molar-refractivity contribution in [2.24, 2.45) is 5.92 Å². The van der Waals surface area contributed by atoms with Gasteiger partial charge in [0.05, 0.1) is 18.8 Å². The molecule has 0 fully saturated rings. The number of benzene rings is 4. The normalized spacial score (nSPS) is 13.9. The molecule has 5 nitrogen and oxygen atoms in total. The minimum Gasteiger partial charge on any atom is -0.496 e. The lowest BCUT2D eigenvalue weighted by Gasteiger charge is -2.23. The largest absolute Gasteiger partial charge is 0.496 e. The van der Waals surface area contributed by atoms with Crippen LogP contribution < -0.4 is 20.1 Å². The number of hydrogen-bond donors (Lipinski definition) is 2. The van der Waals surface area contributed by atoms with Crippen molar-refractivity contribution in [2.75, 3.05) is 20.2 Å². The number of hydrogen-bond acceptors (Lipinski definition) is 5. The molecule has 1 heterocycles. The van der Waals surface area contributed by atoms with Crippen molar-refractivity contribution in [3.63, 3.8) is 0 Å². The molecule has 288 valence electrons. The van der Waals surface area contributed by atoms with Crippen molar-refractivity contribution in [1.82, 2.24) is 10.6 Å². The van der Waals surface area contributed by atoms with E-state index in [4.69, 9.17) is 37.1 Å². The number of ether oxygens (including phenoxy) is 2. The van der Waals surface area contributed by atoms with E-state index in [-0.39, 0.29) is 24.1 Å². The lowest BCUT2D eigenvalue weighted by atomic mass is 9.87. The van der Waals surface area contributed by atoms with Crippen LogP contribution in [0.15, 0.2) is 108 Å². The van der Waals surface area contributed by atoms with Crippen molar-refractivity contribution in [3.8, 4) is 22.8 Å². The van der Waals surface area contributed by atoms with Gasteiger partial charge in [-0.2, -0.15) is 0 Å². The molecule has 0 aliphatic carbocycles. The van der Waals surface area contributed by atoms with Crippen LogP contribution in [-0.2, 0) is 0 Å². The zero-order valence-electron chi connectivity index (χ0n) is 33.0. The summed E-state index contributed by atoms with van der Waals surface area (Å²) >= 11 is 12.3. The number of halogens is 2. The SMILES string of the molecule is COc1ccccc1C(CCNC(C)c1ccc(Cl)cc1)c1ccc(-c2cc(C(CCNC(C)c3ccc(Cl)cc3)CCC(C)C)ccc2OC(C)C)o1. The molecule has 0 saturated heterocycles. The first-order valence-corrected chi connectivity index (χ1v) is 20.3. The molecule has 0 bridgehead atoms. The molecule has 0 radical (unpaired) electrons. The standard InChI is InChI=1S/C47H58Cl2N2O3/c1-31(2)12-13-37(26-28-50-33(5)35-14-19-39(48)20-15-35)38-18-23-46(53-32(3)4)43(30-38)47-25-24-45(54-47)42(41-10-8-9-11-44(41)52-7)27-29-51-34(6)36-16-21-40(49)22-17-36/h8-11,14-25,30-34,37,42,50-51H,12-13,26-29H2,1-7H3. The number of para-hydroxylation sites is 1. The van der Waals surface area contributed by atoms with E-state index >= 15 is 0 Å². The van der Waals surface area contributed by atoms with Gasteiger partial charge in [0.1, 0.15) is 23.0 Å². The van der Waals surface area contributed by atoms with Crippen LogP contribution in [0.1, 0.15) is 119 Å². The van der Waals surface area contributed by atoms with Gasteiger partial charge < -0.3 is 24.5 Å². The molecule has 4 atom stereocenters. The second kappa shape index (κ2) is 20.3. The Morgan fingerprint density at radius 2 is 1.20 bits per heavy atom. The third kappa shape index (κ3) is 11.6. The second-order valence-electron chi connectivity index (χ2n) is 15.1. The van der Waals surface area contributed by atoms with E-state index in [0.29, 0.717) is 11.8 Å². The summed E-state index contributed by atoms with van der Waals surface area (Å²) in [5.41, 5.74) is 5.83. The van der Waals surface area contributed by atoms with Crippen molar-refractivity contribution in [3.05, 3.63) is 141 Å². The van der Waals surface area contributed by atoms with Gasteiger partial charge in [-0.3, -0.25) is 0 Å². The van der Waals surface area contributed by atoms with E-state index in [1.807, 2.05) is 36.4 Å². The van der Waals surface area contributed by atoms with Crippen molar-refractivity contribution >= 4 is 23.2 Å². The minimum absolute atomic E-state index is 0.0226. The van der Waals surface area contributed by atoms with E-state index in [1.54, 1.807) is 7.11 Å². The van der Waals surface area contributed by atoms with Crippen LogP contribution in [0.25, 0.3) is 11.3 Å². The van der Waals surface area contributed by atoms with Gasteiger partial charge in [0.15, 0.2) is 0 Å². The van der Waals surface area contributed by atoms with Crippen molar-refractivity contribution < 1.29 is 13.9 Å². The smallest absolute Gasteiger partial charge is 0.138 e.